The quantitative estimate of drug-likeness (QED) is 0.875. The van der Waals surface area contributed by atoms with Crippen LogP contribution in [0.3, 0.4) is 0 Å². The van der Waals surface area contributed by atoms with E-state index in [1.54, 1.807) is 24.3 Å². The molecule has 1 saturated carbocycles. The van der Waals surface area contributed by atoms with E-state index in [1.807, 2.05) is 0 Å². The second kappa shape index (κ2) is 4.90. The number of anilines is 1. The summed E-state index contributed by atoms with van der Waals surface area (Å²) in [7, 11) is -3.14. The fourth-order valence-electron chi connectivity index (χ4n) is 2.47. The van der Waals surface area contributed by atoms with Gasteiger partial charge in [-0.15, -0.1) is 0 Å². The highest BCUT2D eigenvalue weighted by Gasteiger charge is 2.32. The largest absolute Gasteiger partial charge is 0.394 e. The lowest BCUT2D eigenvalue weighted by Crippen LogP contribution is -2.38. The highest BCUT2D eigenvalue weighted by atomic mass is 32.2. The monoisotopic (exact) mass is 269 g/mol. The molecule has 0 aromatic heterocycles. The Bertz CT molecular complexity index is 502. The first-order valence-corrected chi connectivity index (χ1v) is 8.04. The van der Waals surface area contributed by atoms with Gasteiger partial charge in [-0.3, -0.25) is 0 Å². The molecule has 0 amide bonds. The summed E-state index contributed by atoms with van der Waals surface area (Å²) >= 11 is 0. The number of rotatable bonds is 4. The first-order chi connectivity index (χ1) is 8.45. The molecule has 5 heteroatoms. The first-order valence-electron chi connectivity index (χ1n) is 6.14. The van der Waals surface area contributed by atoms with Gasteiger partial charge in [0.2, 0.25) is 0 Å². The average Bonchev–Trinajstić information content (AvgIpc) is 2.78. The molecule has 100 valence electrons. The predicted molar refractivity (Wildman–Crippen MR) is 71.5 cm³/mol. The van der Waals surface area contributed by atoms with Crippen molar-refractivity contribution >= 4 is 15.5 Å². The van der Waals surface area contributed by atoms with Gasteiger partial charge < -0.3 is 10.4 Å². The van der Waals surface area contributed by atoms with Crippen molar-refractivity contribution in [2.24, 2.45) is 0 Å². The standard InChI is InChI=1S/C13H19NO3S/c1-18(16,17)12-6-4-11(5-7-12)14-13(10-15)8-2-3-9-13/h4-7,14-15H,2-3,8-10H2,1H3. The molecule has 0 radical (unpaired) electrons. The van der Waals surface area contributed by atoms with Crippen molar-refractivity contribution in [3.05, 3.63) is 24.3 Å². The average molecular weight is 269 g/mol. The van der Waals surface area contributed by atoms with Crippen molar-refractivity contribution in [2.75, 3.05) is 18.2 Å². The zero-order valence-corrected chi connectivity index (χ0v) is 11.3. The van der Waals surface area contributed by atoms with Crippen LogP contribution >= 0.6 is 0 Å². The number of benzene rings is 1. The molecular weight excluding hydrogens is 250 g/mol. The number of hydrogen-bond acceptors (Lipinski definition) is 4. The molecule has 2 N–H and O–H groups in total. The zero-order valence-electron chi connectivity index (χ0n) is 10.5. The molecule has 0 heterocycles. The summed E-state index contributed by atoms with van der Waals surface area (Å²) in [4.78, 5) is 0.317. The number of nitrogens with one attached hydrogen (secondary N) is 1. The topological polar surface area (TPSA) is 66.4 Å². The maximum Gasteiger partial charge on any atom is 0.175 e. The Hall–Kier alpha value is -1.07. The molecule has 0 saturated heterocycles. The third kappa shape index (κ3) is 2.84. The van der Waals surface area contributed by atoms with E-state index in [1.165, 1.54) is 6.26 Å². The molecule has 1 aliphatic carbocycles. The van der Waals surface area contributed by atoms with E-state index in [9.17, 15) is 13.5 Å². The molecule has 1 fully saturated rings. The van der Waals surface area contributed by atoms with Gasteiger partial charge in [0.1, 0.15) is 0 Å². The highest BCUT2D eigenvalue weighted by Crippen LogP contribution is 2.32. The predicted octanol–water partition coefficient (Wildman–Crippen LogP) is 1.81. The Balaban J connectivity index is 2.15. The van der Waals surface area contributed by atoms with Crippen LogP contribution in [0.15, 0.2) is 29.2 Å². The number of aliphatic hydroxyl groups excluding tert-OH is 1. The van der Waals surface area contributed by atoms with Crippen molar-refractivity contribution in [1.29, 1.82) is 0 Å². The molecule has 1 aromatic carbocycles. The second-order valence-electron chi connectivity index (χ2n) is 5.07. The summed E-state index contributed by atoms with van der Waals surface area (Å²) in [5, 5.41) is 12.8. The number of hydrogen-bond donors (Lipinski definition) is 2. The summed E-state index contributed by atoms with van der Waals surface area (Å²) in [6, 6.07) is 6.70. The minimum absolute atomic E-state index is 0.112. The fraction of sp³-hybridized carbons (Fsp3) is 0.538. The molecular formula is C13H19NO3S. The maximum atomic E-state index is 11.3. The van der Waals surface area contributed by atoms with Crippen LogP contribution < -0.4 is 5.32 Å². The SMILES string of the molecule is CS(=O)(=O)c1ccc(NC2(CO)CCCC2)cc1. The lowest BCUT2D eigenvalue weighted by atomic mass is 9.98. The van der Waals surface area contributed by atoms with Crippen LogP contribution in [-0.2, 0) is 9.84 Å². The summed E-state index contributed by atoms with van der Waals surface area (Å²) in [5.74, 6) is 0. The van der Waals surface area contributed by atoms with Crippen LogP contribution in [0.2, 0.25) is 0 Å². The van der Waals surface area contributed by atoms with E-state index in [4.69, 9.17) is 0 Å². The molecule has 0 aliphatic heterocycles. The van der Waals surface area contributed by atoms with Gasteiger partial charge in [0, 0.05) is 11.9 Å². The van der Waals surface area contributed by atoms with E-state index in [-0.39, 0.29) is 12.1 Å². The van der Waals surface area contributed by atoms with Crippen molar-refractivity contribution in [3.63, 3.8) is 0 Å². The first kappa shape index (κ1) is 13.4. The molecule has 0 spiro atoms. The van der Waals surface area contributed by atoms with Crippen LogP contribution in [0, 0.1) is 0 Å². The van der Waals surface area contributed by atoms with E-state index < -0.39 is 9.84 Å². The van der Waals surface area contributed by atoms with Gasteiger partial charge in [0.25, 0.3) is 0 Å². The van der Waals surface area contributed by atoms with Crippen LogP contribution in [0.4, 0.5) is 5.69 Å². The van der Waals surface area contributed by atoms with Crippen molar-refractivity contribution < 1.29 is 13.5 Å². The Kier molecular flexibility index (Phi) is 3.64. The smallest absolute Gasteiger partial charge is 0.175 e. The van der Waals surface area contributed by atoms with Crippen LogP contribution in [-0.4, -0.2) is 31.9 Å². The third-order valence-electron chi connectivity index (χ3n) is 3.56. The highest BCUT2D eigenvalue weighted by molar-refractivity contribution is 7.90. The molecule has 18 heavy (non-hydrogen) atoms. The second-order valence-corrected chi connectivity index (χ2v) is 7.08. The summed E-state index contributed by atoms with van der Waals surface area (Å²) in [6.07, 6.45) is 5.35. The Morgan fingerprint density at radius 2 is 1.78 bits per heavy atom. The Morgan fingerprint density at radius 1 is 1.22 bits per heavy atom. The van der Waals surface area contributed by atoms with E-state index >= 15 is 0 Å². The summed E-state index contributed by atoms with van der Waals surface area (Å²) in [5.41, 5.74) is 0.630. The van der Waals surface area contributed by atoms with Gasteiger partial charge >= 0.3 is 0 Å². The van der Waals surface area contributed by atoms with E-state index in [0.29, 0.717) is 4.90 Å². The number of sulfone groups is 1. The Morgan fingerprint density at radius 3 is 2.22 bits per heavy atom. The van der Waals surface area contributed by atoms with Crippen molar-refractivity contribution in [2.45, 2.75) is 36.1 Å². The third-order valence-corrected chi connectivity index (χ3v) is 4.68. The van der Waals surface area contributed by atoms with Crippen LogP contribution in [0.1, 0.15) is 25.7 Å². The van der Waals surface area contributed by atoms with Crippen molar-refractivity contribution in [3.8, 4) is 0 Å². The van der Waals surface area contributed by atoms with Gasteiger partial charge in [-0.25, -0.2) is 8.42 Å². The molecule has 0 atom stereocenters. The van der Waals surface area contributed by atoms with E-state index in [2.05, 4.69) is 5.32 Å². The molecule has 2 rings (SSSR count). The van der Waals surface area contributed by atoms with Crippen LogP contribution in [0.5, 0.6) is 0 Å². The summed E-state index contributed by atoms with van der Waals surface area (Å²) < 4.78 is 22.7. The lowest BCUT2D eigenvalue weighted by Gasteiger charge is -2.29. The van der Waals surface area contributed by atoms with Gasteiger partial charge in [-0.1, -0.05) is 12.8 Å². The van der Waals surface area contributed by atoms with Crippen molar-refractivity contribution in [1.82, 2.24) is 0 Å². The normalized spacial score (nSPS) is 18.8. The fourth-order valence-corrected chi connectivity index (χ4v) is 3.10. The van der Waals surface area contributed by atoms with Gasteiger partial charge in [0.05, 0.1) is 17.0 Å². The number of aliphatic hydroxyl groups is 1. The Labute approximate surface area is 108 Å². The maximum absolute atomic E-state index is 11.3. The van der Waals surface area contributed by atoms with Gasteiger partial charge in [-0.05, 0) is 37.1 Å². The molecule has 1 aromatic rings. The van der Waals surface area contributed by atoms with Crippen LogP contribution in [0.25, 0.3) is 0 Å². The van der Waals surface area contributed by atoms with Gasteiger partial charge in [-0.2, -0.15) is 0 Å². The van der Waals surface area contributed by atoms with E-state index in [0.717, 1.165) is 31.4 Å². The lowest BCUT2D eigenvalue weighted by molar-refractivity contribution is 0.214. The minimum atomic E-state index is -3.14. The molecule has 4 nitrogen and oxygen atoms in total. The summed E-state index contributed by atoms with van der Waals surface area (Å²) in [6.45, 7) is 0.112. The molecule has 1 aliphatic rings. The molecule has 0 unspecified atom stereocenters. The molecule has 0 bridgehead atoms. The van der Waals surface area contributed by atoms with Gasteiger partial charge in [0.15, 0.2) is 9.84 Å². The zero-order chi connectivity index (χ0) is 13.2. The minimum Gasteiger partial charge on any atom is -0.394 e.